The number of aliphatic hydroxyl groups excluding tert-OH is 2. The van der Waals surface area contributed by atoms with Crippen molar-refractivity contribution in [1.82, 2.24) is 20.9 Å². The van der Waals surface area contributed by atoms with Crippen LogP contribution in [-0.4, -0.2) is 81.2 Å². The van der Waals surface area contributed by atoms with Crippen molar-refractivity contribution in [2.75, 3.05) is 14.2 Å². The molecule has 0 aliphatic rings. The van der Waals surface area contributed by atoms with Crippen molar-refractivity contribution < 1.29 is 57.4 Å². The molecule has 0 aliphatic carbocycles. The van der Waals surface area contributed by atoms with Crippen molar-refractivity contribution >= 4 is 24.1 Å². The molecule has 16 heteroatoms. The molecule has 2 rings (SSSR count). The molecule has 0 saturated carbocycles. The molecule has 2 amide bonds. The van der Waals surface area contributed by atoms with Crippen LogP contribution < -0.4 is 10.6 Å². The van der Waals surface area contributed by atoms with Crippen LogP contribution in [0.15, 0.2) is 21.2 Å². The molecule has 0 saturated heterocycles. The lowest BCUT2D eigenvalue weighted by Gasteiger charge is -2.32. The summed E-state index contributed by atoms with van der Waals surface area (Å²) in [5, 5.41) is 32.8. The predicted molar refractivity (Wildman–Crippen MR) is 152 cm³/mol. The average Bonchev–Trinajstić information content (AvgIpc) is 3.52. The van der Waals surface area contributed by atoms with E-state index in [1.54, 1.807) is 55.4 Å². The van der Waals surface area contributed by atoms with E-state index in [0.717, 1.165) is 14.2 Å². The Labute approximate surface area is 255 Å². The van der Waals surface area contributed by atoms with Gasteiger partial charge in [0.1, 0.15) is 46.3 Å². The smallest absolute Gasteiger partial charge is 0.408 e. The number of rotatable bonds is 8. The molecule has 2 aromatic rings. The number of aromatic nitrogens is 2. The van der Waals surface area contributed by atoms with E-state index in [-0.39, 0.29) is 11.4 Å². The second-order valence-corrected chi connectivity index (χ2v) is 12.2. The third kappa shape index (κ3) is 10.5. The summed E-state index contributed by atoms with van der Waals surface area (Å²) in [6.07, 6.45) is -4.66. The molecule has 248 valence electrons. The summed E-state index contributed by atoms with van der Waals surface area (Å²) < 4.78 is 29.3. The molecule has 0 aromatic carbocycles. The van der Waals surface area contributed by atoms with Crippen LogP contribution >= 0.6 is 0 Å². The number of aliphatic hydroxyl groups is 2. The summed E-state index contributed by atoms with van der Waals surface area (Å²) in [4.78, 5) is 48.0. The summed E-state index contributed by atoms with van der Waals surface area (Å²) in [7, 11) is 2.30. The van der Waals surface area contributed by atoms with Gasteiger partial charge >= 0.3 is 24.1 Å². The number of methoxy groups -OCH3 is 2. The van der Waals surface area contributed by atoms with Crippen LogP contribution in [0.3, 0.4) is 0 Å². The van der Waals surface area contributed by atoms with Crippen LogP contribution in [0.5, 0.6) is 0 Å². The van der Waals surface area contributed by atoms with Crippen LogP contribution in [0.4, 0.5) is 9.59 Å². The lowest BCUT2D eigenvalue weighted by Crippen LogP contribution is -2.57. The zero-order valence-electron chi connectivity index (χ0n) is 27.2. The minimum absolute atomic E-state index is 0.0986. The molecule has 0 spiro atoms. The third-order valence-electron chi connectivity index (χ3n) is 5.69. The van der Waals surface area contributed by atoms with Crippen LogP contribution in [0.25, 0.3) is 0 Å². The largest absolute Gasteiger partial charge is 0.467 e. The number of nitrogens with one attached hydrogen (secondary N) is 2. The van der Waals surface area contributed by atoms with Gasteiger partial charge in [-0.1, -0.05) is 10.3 Å². The fourth-order valence-corrected chi connectivity index (χ4v) is 3.54. The van der Waals surface area contributed by atoms with Gasteiger partial charge in [-0.25, -0.2) is 19.2 Å². The lowest BCUT2D eigenvalue weighted by molar-refractivity contribution is -0.154. The van der Waals surface area contributed by atoms with E-state index in [1.165, 1.54) is 26.0 Å². The highest BCUT2D eigenvalue weighted by Gasteiger charge is 2.47. The van der Waals surface area contributed by atoms with E-state index >= 15 is 0 Å². The van der Waals surface area contributed by atoms with Crippen LogP contribution in [0.1, 0.15) is 90.5 Å². The summed E-state index contributed by atoms with van der Waals surface area (Å²) >= 11 is 0. The summed E-state index contributed by atoms with van der Waals surface area (Å²) in [5.74, 6) is -0.768. The van der Waals surface area contributed by atoms with Gasteiger partial charge in [-0.3, -0.25) is 0 Å². The second kappa shape index (κ2) is 14.5. The Bertz CT molecular complexity index is 1190. The molecular weight excluding hydrogens is 584 g/mol. The van der Waals surface area contributed by atoms with Gasteiger partial charge in [0.25, 0.3) is 0 Å². The number of amides is 2. The maximum atomic E-state index is 12.0. The van der Waals surface area contributed by atoms with Crippen molar-refractivity contribution in [3.63, 3.8) is 0 Å². The number of ether oxygens (including phenoxy) is 4. The van der Waals surface area contributed by atoms with Gasteiger partial charge in [0.15, 0.2) is 11.1 Å². The van der Waals surface area contributed by atoms with Crippen molar-refractivity contribution in [3.8, 4) is 0 Å². The highest BCUT2D eigenvalue weighted by molar-refractivity contribution is 5.87. The molecule has 2 aromatic heterocycles. The van der Waals surface area contributed by atoms with Crippen LogP contribution in [0.2, 0.25) is 0 Å². The molecule has 4 atom stereocenters. The molecule has 0 radical (unpaired) electrons. The SMILES string of the molecule is COC(=O)[C@@](C)(NC(=O)OC(C)(C)C)[C@@H](O)c1cc(C)on1.COC(=O)[C@@](C)(NC(=O)OC(C)(C)C)[C@H](O)c1cc(C)on1. The Hall–Kier alpha value is -4.18. The first-order valence-electron chi connectivity index (χ1n) is 13.4. The van der Waals surface area contributed by atoms with Gasteiger partial charge in [0.2, 0.25) is 0 Å². The average molecular weight is 629 g/mol. The number of aryl methyl sites for hydroxylation is 2. The maximum Gasteiger partial charge on any atom is 0.408 e. The fraction of sp³-hybridized carbons (Fsp3) is 0.643. The van der Waals surface area contributed by atoms with Gasteiger partial charge in [0.05, 0.1) is 14.2 Å². The van der Waals surface area contributed by atoms with Crippen molar-refractivity contribution in [2.45, 2.75) is 104 Å². The highest BCUT2D eigenvalue weighted by Crippen LogP contribution is 2.29. The molecule has 16 nitrogen and oxygen atoms in total. The monoisotopic (exact) mass is 628 g/mol. The first-order chi connectivity index (χ1) is 20.0. The minimum Gasteiger partial charge on any atom is -0.467 e. The Morgan fingerprint density at radius 3 is 1.18 bits per heavy atom. The molecule has 44 heavy (non-hydrogen) atoms. The number of esters is 2. The van der Waals surface area contributed by atoms with Gasteiger partial charge in [0, 0.05) is 12.1 Å². The van der Waals surface area contributed by atoms with Crippen molar-refractivity contribution in [3.05, 3.63) is 35.0 Å². The Kier molecular flexibility index (Phi) is 12.5. The standard InChI is InChI=1S/2C14H22N2O6/c2*1-8-7-9(16-22-8)10(17)14(5,11(18)20-6)15-12(19)21-13(2,3)4/h2*7,10,17H,1-6H3,(H,15,19)/t10-,14+;10-,14-/m10/s1. The number of hydrogen-bond acceptors (Lipinski definition) is 14. The summed E-state index contributed by atoms with van der Waals surface area (Å²) in [5.41, 5.74) is -4.86. The van der Waals surface area contributed by atoms with Crippen LogP contribution in [0, 0.1) is 13.8 Å². The van der Waals surface area contributed by atoms with E-state index in [0.29, 0.717) is 11.5 Å². The van der Waals surface area contributed by atoms with Gasteiger partial charge < -0.3 is 48.8 Å². The van der Waals surface area contributed by atoms with E-state index in [1.807, 2.05) is 0 Å². The molecule has 0 bridgehead atoms. The van der Waals surface area contributed by atoms with Gasteiger partial charge in [-0.2, -0.15) is 0 Å². The number of hydrogen-bond donors (Lipinski definition) is 4. The number of carbonyl (C=O) groups is 4. The molecule has 2 heterocycles. The zero-order chi connectivity index (χ0) is 34.3. The first-order valence-corrected chi connectivity index (χ1v) is 13.4. The van der Waals surface area contributed by atoms with Crippen molar-refractivity contribution in [1.29, 1.82) is 0 Å². The molecular formula is C28H44N4O12. The maximum absolute atomic E-state index is 12.0. The number of nitrogens with zero attached hydrogens (tertiary/aromatic N) is 2. The molecule has 0 unspecified atom stereocenters. The highest BCUT2D eigenvalue weighted by atomic mass is 16.6. The Morgan fingerprint density at radius 2 is 0.977 bits per heavy atom. The van der Waals surface area contributed by atoms with Gasteiger partial charge in [-0.05, 0) is 69.2 Å². The normalized spacial score (nSPS) is 15.6. The third-order valence-corrected chi connectivity index (χ3v) is 5.69. The van der Waals surface area contributed by atoms with E-state index in [2.05, 4.69) is 30.4 Å². The molecule has 0 fully saturated rings. The predicted octanol–water partition coefficient (Wildman–Crippen LogP) is 2.95. The van der Waals surface area contributed by atoms with Gasteiger partial charge in [-0.15, -0.1) is 0 Å². The fourth-order valence-electron chi connectivity index (χ4n) is 3.54. The lowest BCUT2D eigenvalue weighted by atomic mass is 9.92. The van der Waals surface area contributed by atoms with Crippen molar-refractivity contribution in [2.24, 2.45) is 0 Å². The Balaban J connectivity index is 0.000000440. The minimum atomic E-state index is -1.78. The molecule has 4 N–H and O–H groups in total. The summed E-state index contributed by atoms with van der Waals surface area (Å²) in [6.45, 7) is 16.0. The van der Waals surface area contributed by atoms with E-state index in [4.69, 9.17) is 18.5 Å². The second-order valence-electron chi connectivity index (χ2n) is 12.2. The summed E-state index contributed by atoms with van der Waals surface area (Å²) in [6, 6.07) is 2.92. The quantitative estimate of drug-likeness (QED) is 0.244. The van der Waals surface area contributed by atoms with E-state index in [9.17, 15) is 29.4 Å². The molecule has 0 aliphatic heterocycles. The zero-order valence-corrected chi connectivity index (χ0v) is 27.2. The Morgan fingerprint density at radius 1 is 0.682 bits per heavy atom. The van der Waals surface area contributed by atoms with E-state index < -0.39 is 58.6 Å². The number of alkyl carbamates (subject to hydrolysis) is 2. The topological polar surface area (TPSA) is 222 Å². The first kappa shape index (κ1) is 37.8. The number of carbonyl (C=O) groups excluding carboxylic acids is 4. The van der Waals surface area contributed by atoms with Crippen LogP contribution in [-0.2, 0) is 28.5 Å².